The van der Waals surface area contributed by atoms with E-state index in [-0.39, 0.29) is 11.5 Å². The number of rotatable bonds is 2. The van der Waals surface area contributed by atoms with Crippen molar-refractivity contribution in [2.45, 2.75) is 0 Å². The van der Waals surface area contributed by atoms with Crippen molar-refractivity contribution in [2.24, 2.45) is 7.05 Å². The maximum Gasteiger partial charge on any atom is 0.274 e. The van der Waals surface area contributed by atoms with Gasteiger partial charge in [0, 0.05) is 38.9 Å². The summed E-state index contributed by atoms with van der Waals surface area (Å²) in [4.78, 5) is 42.3. The molecule has 2 aromatic carbocycles. The van der Waals surface area contributed by atoms with Gasteiger partial charge in [-0.2, -0.15) is 0 Å². The van der Waals surface area contributed by atoms with Gasteiger partial charge in [0.15, 0.2) is 0 Å². The average Bonchev–Trinajstić information content (AvgIpc) is 2.80. The number of hydrogen-bond acceptors (Lipinski definition) is 6. The first kappa shape index (κ1) is 18.2. The number of aryl methyl sites for hydroxylation is 1. The second-order valence-electron chi connectivity index (χ2n) is 7.39. The molecule has 1 aliphatic rings. The van der Waals surface area contributed by atoms with Crippen LogP contribution in [-0.2, 0) is 7.05 Å². The van der Waals surface area contributed by atoms with Gasteiger partial charge in [-0.05, 0) is 30.3 Å². The van der Waals surface area contributed by atoms with Crippen LogP contribution in [0.25, 0.3) is 21.9 Å². The summed E-state index contributed by atoms with van der Waals surface area (Å²) in [6.07, 6.45) is 3.09. The molecule has 0 saturated carbocycles. The Morgan fingerprint density at radius 2 is 1.70 bits per heavy atom. The first-order valence-electron chi connectivity index (χ1n) is 9.81. The molecule has 1 aliphatic heterocycles. The molecule has 1 amide bonds. The van der Waals surface area contributed by atoms with Gasteiger partial charge in [-0.3, -0.25) is 14.6 Å². The zero-order valence-electron chi connectivity index (χ0n) is 16.5. The number of carbonyl (C=O) groups is 1. The van der Waals surface area contributed by atoms with Gasteiger partial charge in [-0.1, -0.05) is 12.1 Å². The van der Waals surface area contributed by atoms with E-state index in [1.54, 1.807) is 13.2 Å². The minimum atomic E-state index is -0.100. The third kappa shape index (κ3) is 3.16. The molecule has 0 bridgehead atoms. The topological polar surface area (TPSA) is 84.2 Å². The van der Waals surface area contributed by atoms with Crippen molar-refractivity contribution in [3.05, 3.63) is 71.0 Å². The number of amides is 1. The number of aromatic nitrogens is 4. The fourth-order valence-corrected chi connectivity index (χ4v) is 3.79. The molecule has 1 fully saturated rings. The molecule has 4 aromatic rings. The minimum absolute atomic E-state index is 0.0570. The van der Waals surface area contributed by atoms with Crippen LogP contribution in [0.15, 0.2) is 59.8 Å². The Morgan fingerprint density at radius 1 is 0.933 bits per heavy atom. The highest BCUT2D eigenvalue weighted by Crippen LogP contribution is 2.21. The Hall–Kier alpha value is -3.81. The molecule has 150 valence electrons. The van der Waals surface area contributed by atoms with E-state index in [0.29, 0.717) is 42.8 Å². The number of piperazine rings is 1. The summed E-state index contributed by atoms with van der Waals surface area (Å²) in [7, 11) is 1.69. The normalized spacial score (nSPS) is 14.4. The molecule has 0 spiro atoms. The molecule has 0 atom stereocenters. The Balaban J connectivity index is 1.32. The summed E-state index contributed by atoms with van der Waals surface area (Å²) in [5.74, 6) is -0.100. The maximum absolute atomic E-state index is 12.9. The molecule has 5 rings (SSSR count). The van der Waals surface area contributed by atoms with Crippen molar-refractivity contribution in [1.29, 1.82) is 0 Å². The molecule has 8 nitrogen and oxygen atoms in total. The zero-order chi connectivity index (χ0) is 20.7. The van der Waals surface area contributed by atoms with Crippen LogP contribution in [-0.4, -0.2) is 56.5 Å². The van der Waals surface area contributed by atoms with E-state index in [2.05, 4.69) is 19.9 Å². The molecule has 2 aromatic heterocycles. The highest BCUT2D eigenvalue weighted by atomic mass is 16.2. The van der Waals surface area contributed by atoms with Crippen molar-refractivity contribution in [2.75, 3.05) is 31.1 Å². The number of nitrogens with zero attached hydrogens (tertiary/aromatic N) is 6. The summed E-state index contributed by atoms with van der Waals surface area (Å²) in [5.41, 5.74) is 3.49. The average molecular weight is 400 g/mol. The fourth-order valence-electron chi connectivity index (χ4n) is 3.79. The van der Waals surface area contributed by atoms with Crippen molar-refractivity contribution in [3.63, 3.8) is 0 Å². The molecule has 0 unspecified atom stereocenters. The van der Waals surface area contributed by atoms with Crippen molar-refractivity contribution in [3.8, 4) is 0 Å². The summed E-state index contributed by atoms with van der Waals surface area (Å²) in [6, 6.07) is 13.2. The van der Waals surface area contributed by atoms with Crippen LogP contribution in [0.2, 0.25) is 0 Å². The first-order chi connectivity index (χ1) is 14.6. The van der Waals surface area contributed by atoms with Crippen LogP contribution in [0.3, 0.4) is 0 Å². The van der Waals surface area contributed by atoms with Gasteiger partial charge in [-0.25, -0.2) is 9.97 Å². The number of para-hydroxylation sites is 2. The third-order valence-electron chi connectivity index (χ3n) is 5.50. The van der Waals surface area contributed by atoms with Crippen LogP contribution in [0.1, 0.15) is 10.5 Å². The lowest BCUT2D eigenvalue weighted by atomic mass is 10.2. The van der Waals surface area contributed by atoms with Crippen LogP contribution in [0.5, 0.6) is 0 Å². The Bertz CT molecular complexity index is 1320. The van der Waals surface area contributed by atoms with E-state index in [4.69, 9.17) is 0 Å². The van der Waals surface area contributed by atoms with Gasteiger partial charge in [0.1, 0.15) is 5.69 Å². The summed E-state index contributed by atoms with van der Waals surface area (Å²) in [5, 5.41) is 0.604. The quantitative estimate of drug-likeness (QED) is 0.511. The van der Waals surface area contributed by atoms with Crippen LogP contribution < -0.4 is 10.5 Å². The predicted octanol–water partition coefficient (Wildman–Crippen LogP) is 1.84. The zero-order valence-corrected chi connectivity index (χ0v) is 16.5. The number of hydrogen-bond donors (Lipinski definition) is 0. The molecular formula is C22H20N6O2. The van der Waals surface area contributed by atoms with Gasteiger partial charge in [0.05, 0.1) is 34.5 Å². The third-order valence-corrected chi connectivity index (χ3v) is 5.50. The Labute approximate surface area is 172 Å². The van der Waals surface area contributed by atoms with Crippen molar-refractivity contribution >= 4 is 33.5 Å². The number of anilines is 1. The van der Waals surface area contributed by atoms with Gasteiger partial charge < -0.3 is 14.4 Å². The lowest BCUT2D eigenvalue weighted by Crippen LogP contribution is -2.49. The Morgan fingerprint density at radius 3 is 2.50 bits per heavy atom. The van der Waals surface area contributed by atoms with Gasteiger partial charge in [0.2, 0.25) is 0 Å². The van der Waals surface area contributed by atoms with E-state index < -0.39 is 0 Å². The Kier molecular flexibility index (Phi) is 4.39. The molecular weight excluding hydrogens is 380 g/mol. The molecule has 0 aliphatic carbocycles. The monoisotopic (exact) mass is 400 g/mol. The summed E-state index contributed by atoms with van der Waals surface area (Å²) >= 11 is 0. The fraction of sp³-hybridized carbons (Fsp3) is 0.227. The van der Waals surface area contributed by atoms with Gasteiger partial charge >= 0.3 is 0 Å². The standard InChI is InChI=1S/C22H20N6O2/c1-26-14-24-19-12-15(6-7-16(19)21(26)29)27-8-10-28(11-9-27)22(30)20-13-23-17-4-2-3-5-18(17)25-20/h2-7,12-14H,8-11H2,1H3. The summed E-state index contributed by atoms with van der Waals surface area (Å²) < 4.78 is 1.47. The van der Waals surface area contributed by atoms with E-state index in [0.717, 1.165) is 16.7 Å². The second-order valence-corrected chi connectivity index (χ2v) is 7.39. The molecule has 3 heterocycles. The van der Waals surface area contributed by atoms with E-state index in [1.807, 2.05) is 47.4 Å². The largest absolute Gasteiger partial charge is 0.368 e. The smallest absolute Gasteiger partial charge is 0.274 e. The maximum atomic E-state index is 12.9. The van der Waals surface area contributed by atoms with Crippen molar-refractivity contribution in [1.82, 2.24) is 24.4 Å². The molecule has 8 heteroatoms. The van der Waals surface area contributed by atoms with Gasteiger partial charge in [-0.15, -0.1) is 0 Å². The van der Waals surface area contributed by atoms with Gasteiger partial charge in [0.25, 0.3) is 11.5 Å². The van der Waals surface area contributed by atoms with E-state index in [1.165, 1.54) is 10.9 Å². The summed E-state index contributed by atoms with van der Waals surface area (Å²) in [6.45, 7) is 2.58. The number of fused-ring (bicyclic) bond motifs is 2. The highest BCUT2D eigenvalue weighted by molar-refractivity contribution is 5.94. The molecule has 0 N–H and O–H groups in total. The number of carbonyl (C=O) groups excluding carboxylic acids is 1. The molecule has 1 saturated heterocycles. The van der Waals surface area contributed by atoms with Crippen LogP contribution >= 0.6 is 0 Å². The predicted molar refractivity (Wildman–Crippen MR) is 115 cm³/mol. The SMILES string of the molecule is Cn1cnc2cc(N3CCN(C(=O)c4cnc5ccccc5n4)CC3)ccc2c1=O. The van der Waals surface area contributed by atoms with E-state index >= 15 is 0 Å². The van der Waals surface area contributed by atoms with Crippen LogP contribution in [0.4, 0.5) is 5.69 Å². The van der Waals surface area contributed by atoms with Crippen molar-refractivity contribution < 1.29 is 4.79 Å². The second kappa shape index (κ2) is 7.22. The highest BCUT2D eigenvalue weighted by Gasteiger charge is 2.24. The van der Waals surface area contributed by atoms with Crippen LogP contribution in [0, 0.1) is 0 Å². The molecule has 30 heavy (non-hydrogen) atoms. The number of benzene rings is 2. The molecule has 0 radical (unpaired) electrons. The lowest BCUT2D eigenvalue weighted by molar-refractivity contribution is 0.0741. The first-order valence-corrected chi connectivity index (χ1v) is 9.81. The lowest BCUT2D eigenvalue weighted by Gasteiger charge is -2.36. The van der Waals surface area contributed by atoms with E-state index in [9.17, 15) is 9.59 Å². The minimum Gasteiger partial charge on any atom is -0.368 e.